The fourth-order valence-corrected chi connectivity index (χ4v) is 4.18. The fourth-order valence-electron chi connectivity index (χ4n) is 4.18. The summed E-state index contributed by atoms with van der Waals surface area (Å²) in [5.74, 6) is 0.410. The van der Waals surface area contributed by atoms with Crippen LogP contribution in [0, 0.1) is 0 Å². The molecule has 194 valence electrons. The number of anilines is 2. The van der Waals surface area contributed by atoms with E-state index in [1.807, 2.05) is 42.5 Å². The Hall–Kier alpha value is -4.86. The van der Waals surface area contributed by atoms with Crippen molar-refractivity contribution in [2.75, 3.05) is 24.9 Å². The van der Waals surface area contributed by atoms with Gasteiger partial charge in [-0.15, -0.1) is 0 Å². The third-order valence-corrected chi connectivity index (χ3v) is 5.72. The van der Waals surface area contributed by atoms with Gasteiger partial charge >= 0.3 is 0 Å². The molecule has 0 aromatic carbocycles. The number of ether oxygens (including phenoxy) is 2. The van der Waals surface area contributed by atoms with E-state index in [9.17, 15) is 9.59 Å². The van der Waals surface area contributed by atoms with Crippen LogP contribution in [-0.2, 0) is 9.59 Å². The molecule has 4 heterocycles. The Morgan fingerprint density at radius 2 is 1.18 bits per heavy atom. The lowest BCUT2D eigenvalue weighted by Gasteiger charge is -2.27. The smallest absolute Gasteiger partial charge is 0.222 e. The standard InChI is InChI=1S/C28H28N6O4/c1-17(35)30-23-15-14-19(16-29-23)27(20-9-6-12-25(33-20)37-3)28(22-10-7-13-26(34-22)38-4)21-8-5-11-24(32-21)31-18(2)36/h5-16,27-28H,1-4H3,(H,29,30,35)(H,31,32,36). The number of nitrogens with one attached hydrogen (secondary N) is 2. The zero-order valence-electron chi connectivity index (χ0n) is 21.5. The first-order valence-electron chi connectivity index (χ1n) is 11.9. The lowest BCUT2D eigenvalue weighted by molar-refractivity contribution is -0.115. The molecule has 0 aliphatic carbocycles. The molecule has 10 nitrogen and oxygen atoms in total. The summed E-state index contributed by atoms with van der Waals surface area (Å²) < 4.78 is 10.8. The second kappa shape index (κ2) is 11.9. The van der Waals surface area contributed by atoms with Gasteiger partial charge in [0.15, 0.2) is 0 Å². The molecule has 4 rings (SSSR count). The molecule has 0 radical (unpaired) electrons. The van der Waals surface area contributed by atoms with Crippen molar-refractivity contribution in [3.05, 3.63) is 95.6 Å². The van der Waals surface area contributed by atoms with Crippen molar-refractivity contribution >= 4 is 23.5 Å². The maximum absolute atomic E-state index is 11.8. The first-order chi connectivity index (χ1) is 18.4. The van der Waals surface area contributed by atoms with Crippen LogP contribution in [0.3, 0.4) is 0 Å². The van der Waals surface area contributed by atoms with Gasteiger partial charge in [-0.05, 0) is 35.9 Å². The number of pyridine rings is 4. The van der Waals surface area contributed by atoms with Crippen LogP contribution in [-0.4, -0.2) is 46.0 Å². The van der Waals surface area contributed by atoms with Crippen molar-refractivity contribution in [1.82, 2.24) is 19.9 Å². The Morgan fingerprint density at radius 3 is 1.71 bits per heavy atom. The number of hydrogen-bond acceptors (Lipinski definition) is 8. The monoisotopic (exact) mass is 512 g/mol. The number of aromatic nitrogens is 4. The minimum atomic E-state index is -0.466. The number of nitrogens with zero attached hydrogens (tertiary/aromatic N) is 4. The molecule has 0 aliphatic heterocycles. The number of carbonyl (C=O) groups is 2. The van der Waals surface area contributed by atoms with Crippen molar-refractivity contribution < 1.29 is 19.1 Å². The second-order valence-electron chi connectivity index (χ2n) is 8.45. The first-order valence-corrected chi connectivity index (χ1v) is 11.9. The van der Waals surface area contributed by atoms with E-state index < -0.39 is 11.8 Å². The van der Waals surface area contributed by atoms with Gasteiger partial charge in [-0.3, -0.25) is 9.59 Å². The van der Waals surface area contributed by atoms with Crippen molar-refractivity contribution in [2.24, 2.45) is 0 Å². The fraction of sp³-hybridized carbons (Fsp3) is 0.214. The highest BCUT2D eigenvalue weighted by Crippen LogP contribution is 2.42. The highest BCUT2D eigenvalue weighted by atomic mass is 16.5. The maximum atomic E-state index is 11.8. The number of rotatable bonds is 9. The van der Waals surface area contributed by atoms with Gasteiger partial charge in [0.05, 0.1) is 37.2 Å². The van der Waals surface area contributed by atoms with Crippen molar-refractivity contribution in [2.45, 2.75) is 25.7 Å². The third-order valence-electron chi connectivity index (χ3n) is 5.72. The Kier molecular flexibility index (Phi) is 8.22. The SMILES string of the molecule is COc1cccc(C(c2ccc(NC(C)=O)nc2)C(c2cccc(NC(C)=O)n2)c2cccc(OC)n2)n1. The Labute approximate surface area is 220 Å². The van der Waals surface area contributed by atoms with Crippen molar-refractivity contribution in [3.63, 3.8) is 0 Å². The summed E-state index contributed by atoms with van der Waals surface area (Å²) in [6.45, 7) is 2.86. The second-order valence-corrected chi connectivity index (χ2v) is 8.45. The molecule has 0 fully saturated rings. The molecule has 10 heteroatoms. The molecular formula is C28H28N6O4. The molecule has 0 saturated heterocycles. The lowest BCUT2D eigenvalue weighted by Crippen LogP contribution is -2.19. The maximum Gasteiger partial charge on any atom is 0.222 e. The van der Waals surface area contributed by atoms with Crippen LogP contribution in [0.2, 0.25) is 0 Å². The van der Waals surface area contributed by atoms with Gasteiger partial charge < -0.3 is 20.1 Å². The average molecular weight is 513 g/mol. The summed E-state index contributed by atoms with van der Waals surface area (Å²) in [6, 6.07) is 20.1. The molecule has 38 heavy (non-hydrogen) atoms. The molecule has 0 aliphatic rings. The van der Waals surface area contributed by atoms with Gasteiger partial charge in [-0.25, -0.2) is 19.9 Å². The Bertz CT molecular complexity index is 1430. The summed E-state index contributed by atoms with van der Waals surface area (Å²) in [7, 11) is 3.12. The van der Waals surface area contributed by atoms with E-state index in [2.05, 4.69) is 15.6 Å². The molecule has 2 atom stereocenters. The van der Waals surface area contributed by atoms with Crippen molar-refractivity contribution in [1.29, 1.82) is 0 Å². The van der Waals surface area contributed by atoms with E-state index in [4.69, 9.17) is 24.4 Å². The summed E-state index contributed by atoms with van der Waals surface area (Å²) in [5.41, 5.74) is 2.83. The van der Waals surface area contributed by atoms with Gasteiger partial charge in [0.1, 0.15) is 11.6 Å². The lowest BCUT2D eigenvalue weighted by atomic mass is 9.79. The summed E-state index contributed by atoms with van der Waals surface area (Å²) in [4.78, 5) is 42.0. The Morgan fingerprint density at radius 1 is 0.658 bits per heavy atom. The van der Waals surface area contributed by atoms with E-state index in [1.165, 1.54) is 13.8 Å². The topological polar surface area (TPSA) is 128 Å². The molecule has 4 aromatic rings. The van der Waals surface area contributed by atoms with Gasteiger partial charge in [-0.1, -0.05) is 24.3 Å². The minimum absolute atomic E-state index is 0.214. The normalized spacial score (nSPS) is 12.2. The van der Waals surface area contributed by atoms with Crippen molar-refractivity contribution in [3.8, 4) is 11.8 Å². The predicted octanol–water partition coefficient (Wildman–Crippen LogP) is 4.16. The van der Waals surface area contributed by atoms with E-state index in [0.29, 0.717) is 40.5 Å². The number of carbonyl (C=O) groups excluding carboxylic acids is 2. The van der Waals surface area contributed by atoms with Gasteiger partial charge in [0, 0.05) is 38.1 Å². The van der Waals surface area contributed by atoms with Crippen LogP contribution in [0.1, 0.15) is 48.3 Å². The first kappa shape index (κ1) is 26.2. The summed E-state index contributed by atoms with van der Waals surface area (Å²) >= 11 is 0. The van der Waals surface area contributed by atoms with Gasteiger partial charge in [0.25, 0.3) is 0 Å². The average Bonchev–Trinajstić information content (AvgIpc) is 2.92. The van der Waals surface area contributed by atoms with E-state index in [-0.39, 0.29) is 11.8 Å². The zero-order valence-corrected chi connectivity index (χ0v) is 21.5. The van der Waals surface area contributed by atoms with Crippen LogP contribution in [0.25, 0.3) is 0 Å². The highest BCUT2D eigenvalue weighted by Gasteiger charge is 2.32. The molecule has 2 N–H and O–H groups in total. The highest BCUT2D eigenvalue weighted by molar-refractivity contribution is 5.88. The Balaban J connectivity index is 1.95. The molecule has 0 bridgehead atoms. The van der Waals surface area contributed by atoms with Gasteiger partial charge in [0.2, 0.25) is 23.6 Å². The molecule has 2 amide bonds. The van der Waals surface area contributed by atoms with E-state index >= 15 is 0 Å². The van der Waals surface area contributed by atoms with Crippen LogP contribution < -0.4 is 20.1 Å². The van der Waals surface area contributed by atoms with E-state index in [1.54, 1.807) is 44.7 Å². The molecule has 2 unspecified atom stereocenters. The quantitative estimate of drug-likeness (QED) is 0.342. The summed E-state index contributed by atoms with van der Waals surface area (Å²) in [6.07, 6.45) is 1.70. The van der Waals surface area contributed by atoms with Crippen LogP contribution in [0.5, 0.6) is 11.8 Å². The number of amides is 2. The molecule has 4 aromatic heterocycles. The van der Waals surface area contributed by atoms with Crippen LogP contribution >= 0.6 is 0 Å². The minimum Gasteiger partial charge on any atom is -0.481 e. The predicted molar refractivity (Wildman–Crippen MR) is 142 cm³/mol. The van der Waals surface area contributed by atoms with Crippen LogP contribution in [0.4, 0.5) is 11.6 Å². The molecule has 0 saturated carbocycles. The molecule has 0 spiro atoms. The summed E-state index contributed by atoms with van der Waals surface area (Å²) in [5, 5.41) is 5.45. The largest absolute Gasteiger partial charge is 0.481 e. The number of hydrogen-bond donors (Lipinski definition) is 2. The van der Waals surface area contributed by atoms with Gasteiger partial charge in [-0.2, -0.15) is 0 Å². The van der Waals surface area contributed by atoms with Crippen LogP contribution in [0.15, 0.2) is 72.9 Å². The number of methoxy groups -OCH3 is 2. The third kappa shape index (κ3) is 6.28. The van der Waals surface area contributed by atoms with E-state index in [0.717, 1.165) is 5.56 Å². The zero-order chi connectivity index (χ0) is 27.1. The molecular weight excluding hydrogens is 484 g/mol.